The fourth-order valence-corrected chi connectivity index (χ4v) is 10.5. The van der Waals surface area contributed by atoms with Gasteiger partial charge in [-0.1, -0.05) is 27.7 Å². The molecule has 8 heterocycles. The van der Waals surface area contributed by atoms with E-state index in [2.05, 4.69) is 27.7 Å². The van der Waals surface area contributed by atoms with Crippen molar-refractivity contribution in [3.63, 3.8) is 0 Å². The van der Waals surface area contributed by atoms with Crippen LogP contribution in [-0.2, 0) is 48.0 Å². The summed E-state index contributed by atoms with van der Waals surface area (Å²) < 4.78 is 36.7. The molecule has 10 aliphatic rings. The van der Waals surface area contributed by atoms with E-state index in [-0.39, 0.29) is 37.0 Å². The van der Waals surface area contributed by atoms with Crippen LogP contribution in [0.4, 0.5) is 0 Å². The van der Waals surface area contributed by atoms with Crippen molar-refractivity contribution in [3.05, 3.63) is 0 Å². The lowest BCUT2D eigenvalue weighted by molar-refractivity contribution is -0.577. The van der Waals surface area contributed by atoms with Gasteiger partial charge in [0.25, 0.3) is 0 Å². The van der Waals surface area contributed by atoms with Gasteiger partial charge in [0.05, 0.1) is 0 Å². The molecule has 8 aliphatic heterocycles. The predicted octanol–water partition coefficient (Wildman–Crippen LogP) is 6.46. The van der Waals surface area contributed by atoms with E-state index in [1.54, 1.807) is 0 Å². The van der Waals surface area contributed by atoms with Crippen molar-refractivity contribution in [2.24, 2.45) is 47.3 Å². The van der Waals surface area contributed by atoms with Crippen molar-refractivity contribution in [2.75, 3.05) is 13.2 Å². The lowest BCUT2D eigenvalue weighted by Gasteiger charge is -2.60. The third-order valence-electron chi connectivity index (χ3n) is 12.9. The Balaban J connectivity index is 0.000000142. The Morgan fingerprint density at radius 3 is 1.34 bits per heavy atom. The van der Waals surface area contributed by atoms with E-state index in [1.807, 2.05) is 27.7 Å². The zero-order valence-electron chi connectivity index (χ0n) is 28.1. The second-order valence-corrected chi connectivity index (χ2v) is 15.5. The van der Waals surface area contributed by atoms with Gasteiger partial charge < -0.3 is 28.4 Å². The van der Waals surface area contributed by atoms with Crippen LogP contribution in [0.1, 0.15) is 107 Å². The third kappa shape index (κ3) is 4.79. The summed E-state index contributed by atoms with van der Waals surface area (Å²) in [4.78, 5) is 23.7. The highest BCUT2D eigenvalue weighted by Crippen LogP contribution is 2.62. The summed E-state index contributed by atoms with van der Waals surface area (Å²) in [6, 6.07) is 0. The van der Waals surface area contributed by atoms with Crippen LogP contribution < -0.4 is 0 Å². The third-order valence-corrected chi connectivity index (χ3v) is 12.9. The fraction of sp³-hybridized carbons (Fsp3) is 1.00. The van der Waals surface area contributed by atoms with Gasteiger partial charge in [0.2, 0.25) is 11.6 Å². The molecule has 10 fully saturated rings. The van der Waals surface area contributed by atoms with E-state index in [0.29, 0.717) is 48.7 Å². The molecule has 0 aromatic heterocycles. The average molecular weight is 625 g/mol. The summed E-state index contributed by atoms with van der Waals surface area (Å²) in [7, 11) is 0. The number of hydrogen-bond donors (Lipinski definition) is 0. The highest BCUT2D eigenvalue weighted by Gasteiger charge is 2.71. The molecule has 44 heavy (non-hydrogen) atoms. The molecule has 16 atom stereocenters. The van der Waals surface area contributed by atoms with Gasteiger partial charge >= 0.3 is 0 Å². The van der Waals surface area contributed by atoms with Crippen molar-refractivity contribution < 1.29 is 48.0 Å². The Labute approximate surface area is 263 Å². The number of fused-ring (bicyclic) bond motifs is 4. The van der Waals surface area contributed by atoms with Crippen LogP contribution in [0, 0.1) is 47.3 Å². The maximum Gasteiger partial charge on any atom is 0.201 e. The second kappa shape index (κ2) is 11.6. The Morgan fingerprint density at radius 2 is 0.955 bits per heavy atom. The largest absolute Gasteiger partial charge is 0.353 e. The Bertz CT molecular complexity index is 966. The lowest BCUT2D eigenvalue weighted by Crippen LogP contribution is -2.70. The van der Waals surface area contributed by atoms with E-state index in [1.165, 1.54) is 12.8 Å². The first-order chi connectivity index (χ1) is 21.0. The molecule has 4 bridgehead atoms. The molecule has 10 heteroatoms. The molecular weight excluding hydrogens is 568 g/mol. The number of ether oxygens (including phenoxy) is 6. The molecule has 2 saturated carbocycles. The van der Waals surface area contributed by atoms with Gasteiger partial charge in [0.1, 0.15) is 0 Å². The minimum atomic E-state index is -0.700. The van der Waals surface area contributed by atoms with Gasteiger partial charge in [-0.2, -0.15) is 0 Å². The topological polar surface area (TPSA) is 92.3 Å². The molecule has 0 radical (unpaired) electrons. The minimum absolute atomic E-state index is 0.216. The van der Waals surface area contributed by atoms with E-state index < -0.39 is 22.8 Å². The van der Waals surface area contributed by atoms with E-state index in [4.69, 9.17) is 48.0 Å². The molecule has 10 nitrogen and oxygen atoms in total. The van der Waals surface area contributed by atoms with Crippen LogP contribution in [-0.4, -0.2) is 61.2 Å². The van der Waals surface area contributed by atoms with Crippen molar-refractivity contribution >= 4 is 0 Å². The molecule has 252 valence electrons. The highest BCUT2D eigenvalue weighted by molar-refractivity contribution is 5.10. The van der Waals surface area contributed by atoms with Gasteiger partial charge in [-0.3, -0.25) is 0 Å². The van der Waals surface area contributed by atoms with Crippen LogP contribution in [0.15, 0.2) is 0 Å². The lowest BCUT2D eigenvalue weighted by atomic mass is 9.58. The first-order valence-corrected chi connectivity index (χ1v) is 17.6. The smallest absolute Gasteiger partial charge is 0.201 e. The number of rotatable bonds is 4. The average Bonchev–Trinajstić information content (AvgIpc) is 3.36. The Hall–Kier alpha value is -0.400. The maximum atomic E-state index is 6.25. The summed E-state index contributed by atoms with van der Waals surface area (Å²) in [5.74, 6) is 1.91. The minimum Gasteiger partial charge on any atom is -0.353 e. The molecule has 0 N–H and O–H groups in total. The molecule has 0 aromatic carbocycles. The summed E-state index contributed by atoms with van der Waals surface area (Å²) >= 11 is 0. The zero-order chi connectivity index (χ0) is 31.1. The quantitative estimate of drug-likeness (QED) is 0.325. The van der Waals surface area contributed by atoms with Crippen molar-refractivity contribution in [1.29, 1.82) is 0 Å². The number of hydrogen-bond acceptors (Lipinski definition) is 10. The molecule has 4 unspecified atom stereocenters. The molecular formula is C34H56O10. The fourth-order valence-electron chi connectivity index (χ4n) is 10.5. The molecule has 10 rings (SSSR count). The normalized spacial score (nSPS) is 57.3. The Morgan fingerprint density at radius 1 is 0.545 bits per heavy atom. The van der Waals surface area contributed by atoms with Crippen LogP contribution in [0.5, 0.6) is 0 Å². The summed E-state index contributed by atoms with van der Waals surface area (Å²) in [6.07, 6.45) is 7.32. The monoisotopic (exact) mass is 624 g/mol. The SMILES string of the molecule is CCO[C@@H]1O[C@@H]2O[C@]3(C)CCC4[C@H](C)CC[C@@H]([C@H]1C)C42OO3.CCO[C@H]1O[C@@H]2O[C@]3(C)CCC4[C@H](C)CC[C@@H]([C@H]1C)C42OO3. The highest BCUT2D eigenvalue weighted by atomic mass is 17.3. The van der Waals surface area contributed by atoms with Crippen molar-refractivity contribution in [1.82, 2.24) is 0 Å². The van der Waals surface area contributed by atoms with E-state index in [0.717, 1.165) is 38.5 Å². The van der Waals surface area contributed by atoms with Crippen LogP contribution in [0.2, 0.25) is 0 Å². The van der Waals surface area contributed by atoms with Crippen molar-refractivity contribution in [2.45, 2.75) is 155 Å². The standard InChI is InChI=1S/2C17H28O5/c2*1-5-18-14-11(3)13-7-6-10(2)12-8-9-16(4)20-15(19-14)17(12,13)22-21-16/h2*10-15H,5-9H2,1-4H3/t10-,11-,12?,13+,14+,15-,16+,17?;10-,11-,12?,13+,14-,15-,16+,17?/m11/s1. The van der Waals surface area contributed by atoms with E-state index >= 15 is 0 Å². The summed E-state index contributed by atoms with van der Waals surface area (Å²) in [5, 5.41) is 0. The van der Waals surface area contributed by atoms with E-state index in [9.17, 15) is 0 Å². The Kier molecular flexibility index (Phi) is 8.50. The first kappa shape index (κ1) is 32.2. The van der Waals surface area contributed by atoms with Gasteiger partial charge in [-0.05, 0) is 89.9 Å². The first-order valence-electron chi connectivity index (χ1n) is 17.6. The van der Waals surface area contributed by atoms with Gasteiger partial charge in [0, 0.05) is 49.7 Å². The molecule has 8 saturated heterocycles. The zero-order valence-corrected chi connectivity index (χ0v) is 28.1. The molecule has 0 amide bonds. The molecule has 2 spiro atoms. The predicted molar refractivity (Wildman–Crippen MR) is 157 cm³/mol. The summed E-state index contributed by atoms with van der Waals surface area (Å²) in [5.41, 5.74) is -0.943. The summed E-state index contributed by atoms with van der Waals surface area (Å²) in [6.45, 7) is 18.3. The molecule has 2 aliphatic carbocycles. The van der Waals surface area contributed by atoms with Crippen molar-refractivity contribution in [3.8, 4) is 0 Å². The van der Waals surface area contributed by atoms with Gasteiger partial charge in [-0.15, -0.1) is 0 Å². The van der Waals surface area contributed by atoms with Crippen LogP contribution in [0.25, 0.3) is 0 Å². The maximum absolute atomic E-state index is 6.25. The van der Waals surface area contributed by atoms with Gasteiger partial charge in [-0.25, -0.2) is 19.6 Å². The van der Waals surface area contributed by atoms with Gasteiger partial charge in [0.15, 0.2) is 36.4 Å². The van der Waals surface area contributed by atoms with Crippen LogP contribution in [0.3, 0.4) is 0 Å². The van der Waals surface area contributed by atoms with Crippen LogP contribution >= 0.6 is 0 Å². The second-order valence-electron chi connectivity index (χ2n) is 15.5. The molecule has 0 aromatic rings.